The molecule has 1 unspecified atom stereocenters. The highest BCUT2D eigenvalue weighted by atomic mass is 16.5. The molecule has 33 heavy (non-hydrogen) atoms. The van der Waals surface area contributed by atoms with Crippen molar-refractivity contribution in [1.82, 2.24) is 19.7 Å². The summed E-state index contributed by atoms with van der Waals surface area (Å²) in [4.78, 5) is 36.2. The maximum Gasteiger partial charge on any atom is 0.340 e. The van der Waals surface area contributed by atoms with Crippen molar-refractivity contribution >= 4 is 23.4 Å². The maximum absolute atomic E-state index is 13.1. The van der Waals surface area contributed by atoms with E-state index in [4.69, 9.17) is 4.74 Å². The van der Waals surface area contributed by atoms with Crippen LogP contribution >= 0.6 is 0 Å². The number of esters is 1. The molecule has 1 N–H and O–H groups in total. The number of benzene rings is 1. The van der Waals surface area contributed by atoms with Gasteiger partial charge in [-0.1, -0.05) is 12.1 Å². The Hall–Kier alpha value is -3.75. The topological polar surface area (TPSA) is 102 Å². The molecule has 1 aliphatic rings. The van der Waals surface area contributed by atoms with Crippen LogP contribution in [0.25, 0.3) is 5.82 Å². The Bertz CT molecular complexity index is 1160. The third kappa shape index (κ3) is 5.02. The van der Waals surface area contributed by atoms with Gasteiger partial charge in [-0.3, -0.25) is 4.79 Å². The molecule has 3 aromatic rings. The molecule has 0 saturated carbocycles. The predicted molar refractivity (Wildman–Crippen MR) is 125 cm³/mol. The number of nitrogens with one attached hydrogen (secondary N) is 1. The third-order valence-electron chi connectivity index (χ3n) is 5.66. The van der Waals surface area contributed by atoms with Gasteiger partial charge in [0.15, 0.2) is 5.82 Å². The van der Waals surface area contributed by atoms with Crippen molar-refractivity contribution in [2.75, 3.05) is 29.9 Å². The Balaban J connectivity index is 1.49. The first kappa shape index (κ1) is 22.4. The number of hydrogen-bond donors (Lipinski definition) is 1. The SMILES string of the molecule is CCOC(=O)c1ccccc1NC(=O)C1CCCN(c2cc(-n3nc(C)cc3C)ncn2)C1. The standard InChI is InChI=1S/C24H28N6O3/c1-4-33-24(32)19-9-5-6-10-20(19)27-23(31)18-8-7-11-29(14-18)21-13-22(26-15-25-21)30-17(3)12-16(2)28-30/h5-6,9-10,12-13,15,18H,4,7-8,11,14H2,1-3H3,(H,27,31). The number of aromatic nitrogens is 4. The van der Waals surface area contributed by atoms with E-state index in [1.165, 1.54) is 6.33 Å². The van der Waals surface area contributed by atoms with E-state index in [-0.39, 0.29) is 18.4 Å². The van der Waals surface area contributed by atoms with E-state index in [2.05, 4.69) is 25.3 Å². The van der Waals surface area contributed by atoms with Gasteiger partial charge in [0.05, 0.1) is 29.5 Å². The molecule has 1 aliphatic heterocycles. The van der Waals surface area contributed by atoms with Gasteiger partial charge in [-0.2, -0.15) is 5.10 Å². The summed E-state index contributed by atoms with van der Waals surface area (Å²) in [5, 5.41) is 7.42. The van der Waals surface area contributed by atoms with Crippen LogP contribution in [0, 0.1) is 19.8 Å². The molecule has 1 saturated heterocycles. The minimum Gasteiger partial charge on any atom is -0.462 e. The van der Waals surface area contributed by atoms with Crippen molar-refractivity contribution in [3.63, 3.8) is 0 Å². The summed E-state index contributed by atoms with van der Waals surface area (Å²) in [6.45, 7) is 7.29. The Kier molecular flexibility index (Phi) is 6.67. The van der Waals surface area contributed by atoms with Gasteiger partial charge in [0.1, 0.15) is 12.1 Å². The average Bonchev–Trinajstić information content (AvgIpc) is 3.17. The maximum atomic E-state index is 13.1. The smallest absolute Gasteiger partial charge is 0.340 e. The van der Waals surface area contributed by atoms with E-state index in [1.54, 1.807) is 35.9 Å². The van der Waals surface area contributed by atoms with Crippen LogP contribution in [0.3, 0.4) is 0 Å². The van der Waals surface area contributed by atoms with E-state index in [1.807, 2.05) is 26.0 Å². The lowest BCUT2D eigenvalue weighted by molar-refractivity contribution is -0.120. The monoisotopic (exact) mass is 448 g/mol. The number of carbonyl (C=O) groups excluding carboxylic acids is 2. The molecule has 172 valence electrons. The summed E-state index contributed by atoms with van der Waals surface area (Å²) in [6.07, 6.45) is 3.15. The molecule has 1 amide bonds. The molecular formula is C24H28N6O3. The number of rotatable bonds is 6. The fourth-order valence-electron chi connectivity index (χ4n) is 4.10. The van der Waals surface area contributed by atoms with E-state index in [9.17, 15) is 9.59 Å². The van der Waals surface area contributed by atoms with Gasteiger partial charge in [0.2, 0.25) is 5.91 Å². The van der Waals surface area contributed by atoms with Gasteiger partial charge in [0, 0.05) is 24.8 Å². The van der Waals surface area contributed by atoms with Crippen LogP contribution in [0.4, 0.5) is 11.5 Å². The van der Waals surface area contributed by atoms with Crippen molar-refractivity contribution in [3.05, 3.63) is 59.7 Å². The van der Waals surface area contributed by atoms with Crippen LogP contribution in [0.1, 0.15) is 41.5 Å². The van der Waals surface area contributed by atoms with E-state index < -0.39 is 5.97 Å². The second kappa shape index (κ2) is 9.81. The first-order valence-corrected chi connectivity index (χ1v) is 11.1. The largest absolute Gasteiger partial charge is 0.462 e. The number of anilines is 2. The van der Waals surface area contributed by atoms with Crippen LogP contribution in [0.2, 0.25) is 0 Å². The lowest BCUT2D eigenvalue weighted by Gasteiger charge is -2.33. The van der Waals surface area contributed by atoms with Crippen molar-refractivity contribution < 1.29 is 14.3 Å². The van der Waals surface area contributed by atoms with Crippen LogP contribution in [0.5, 0.6) is 0 Å². The highest BCUT2D eigenvalue weighted by Crippen LogP contribution is 2.25. The van der Waals surface area contributed by atoms with Gasteiger partial charge >= 0.3 is 5.97 Å². The van der Waals surface area contributed by atoms with Gasteiger partial charge < -0.3 is 15.0 Å². The minimum absolute atomic E-state index is 0.121. The molecular weight excluding hydrogens is 420 g/mol. The minimum atomic E-state index is -0.448. The van der Waals surface area contributed by atoms with Crippen LogP contribution in [-0.2, 0) is 9.53 Å². The number of nitrogens with zero attached hydrogens (tertiary/aromatic N) is 5. The predicted octanol–water partition coefficient (Wildman–Crippen LogP) is 3.31. The molecule has 1 atom stereocenters. The first-order valence-electron chi connectivity index (χ1n) is 11.1. The summed E-state index contributed by atoms with van der Waals surface area (Å²) in [5.74, 6) is 0.652. The van der Waals surface area contributed by atoms with Gasteiger partial charge in [-0.15, -0.1) is 0 Å². The normalized spacial score (nSPS) is 15.8. The zero-order valence-corrected chi connectivity index (χ0v) is 19.1. The molecule has 9 heteroatoms. The molecule has 0 spiro atoms. The van der Waals surface area contributed by atoms with Crippen molar-refractivity contribution in [2.24, 2.45) is 5.92 Å². The van der Waals surface area contributed by atoms with Crippen molar-refractivity contribution in [2.45, 2.75) is 33.6 Å². The molecule has 3 heterocycles. The number of piperidine rings is 1. The summed E-state index contributed by atoms with van der Waals surface area (Å²) in [7, 11) is 0. The molecule has 2 aromatic heterocycles. The number of ether oxygens (including phenoxy) is 1. The van der Waals surface area contributed by atoms with Gasteiger partial charge in [0.25, 0.3) is 0 Å². The van der Waals surface area contributed by atoms with Crippen molar-refractivity contribution in [3.8, 4) is 5.82 Å². The second-order valence-electron chi connectivity index (χ2n) is 8.11. The Labute approximate surface area is 192 Å². The summed E-state index contributed by atoms with van der Waals surface area (Å²) in [5.41, 5.74) is 2.73. The quantitative estimate of drug-likeness (QED) is 0.577. The van der Waals surface area contributed by atoms with Gasteiger partial charge in [-0.25, -0.2) is 19.4 Å². The molecule has 9 nitrogen and oxygen atoms in total. The number of amides is 1. The average molecular weight is 449 g/mol. The van der Waals surface area contributed by atoms with Crippen molar-refractivity contribution in [1.29, 1.82) is 0 Å². The highest BCUT2D eigenvalue weighted by Gasteiger charge is 2.28. The van der Waals surface area contributed by atoms with Gasteiger partial charge in [-0.05, 0) is 51.8 Å². The number of carbonyl (C=O) groups is 2. The Morgan fingerprint density at radius 1 is 1.15 bits per heavy atom. The molecule has 0 bridgehead atoms. The number of aryl methyl sites for hydroxylation is 2. The molecule has 4 rings (SSSR count). The fourth-order valence-corrected chi connectivity index (χ4v) is 4.10. The van der Waals surface area contributed by atoms with E-state index in [0.717, 1.165) is 36.6 Å². The number of para-hydroxylation sites is 1. The van der Waals surface area contributed by atoms with Crippen LogP contribution < -0.4 is 10.2 Å². The highest BCUT2D eigenvalue weighted by molar-refractivity contribution is 6.02. The number of hydrogen-bond acceptors (Lipinski definition) is 7. The zero-order chi connectivity index (χ0) is 23.4. The van der Waals surface area contributed by atoms with Crippen LogP contribution in [-0.4, -0.2) is 51.3 Å². The second-order valence-corrected chi connectivity index (χ2v) is 8.11. The summed E-state index contributed by atoms with van der Waals surface area (Å²) >= 11 is 0. The Morgan fingerprint density at radius 2 is 1.94 bits per heavy atom. The molecule has 1 fully saturated rings. The Morgan fingerprint density at radius 3 is 2.70 bits per heavy atom. The molecule has 0 radical (unpaired) electrons. The summed E-state index contributed by atoms with van der Waals surface area (Å²) < 4.78 is 6.90. The third-order valence-corrected chi connectivity index (χ3v) is 5.66. The lowest BCUT2D eigenvalue weighted by Crippen LogP contribution is -2.41. The van der Waals surface area contributed by atoms with E-state index in [0.29, 0.717) is 23.6 Å². The van der Waals surface area contributed by atoms with Crippen LogP contribution in [0.15, 0.2) is 42.7 Å². The lowest BCUT2D eigenvalue weighted by atomic mass is 9.96. The first-order chi connectivity index (χ1) is 16.0. The molecule has 1 aromatic carbocycles. The molecule has 0 aliphatic carbocycles. The van der Waals surface area contributed by atoms with E-state index >= 15 is 0 Å². The fraction of sp³-hybridized carbons (Fsp3) is 0.375. The zero-order valence-electron chi connectivity index (χ0n) is 19.1. The summed E-state index contributed by atoms with van der Waals surface area (Å²) in [6, 6.07) is 10.8.